The predicted molar refractivity (Wildman–Crippen MR) is 60.5 cm³/mol. The van der Waals surface area contributed by atoms with Gasteiger partial charge in [-0.05, 0) is 31.5 Å². The van der Waals surface area contributed by atoms with Crippen LogP contribution in [0.2, 0.25) is 0 Å². The second-order valence-electron chi connectivity index (χ2n) is 3.86. The maximum Gasteiger partial charge on any atom is 1.00 e. The Labute approximate surface area is 96.6 Å². The number of rotatable bonds is 4. The van der Waals surface area contributed by atoms with Crippen LogP contribution < -0.4 is 5.32 Å². The van der Waals surface area contributed by atoms with E-state index < -0.39 is 11.7 Å². The van der Waals surface area contributed by atoms with Crippen molar-refractivity contribution in [3.8, 4) is 0 Å². The third-order valence-corrected chi connectivity index (χ3v) is 2.35. The predicted octanol–water partition coefficient (Wildman–Crippen LogP) is 3.47. The Morgan fingerprint density at radius 3 is 2.62 bits per heavy atom. The molecule has 0 aliphatic heterocycles. The van der Waals surface area contributed by atoms with Crippen molar-refractivity contribution in [2.45, 2.75) is 32.5 Å². The first-order valence-corrected chi connectivity index (χ1v) is 5.33. The normalized spacial score (nSPS) is 13.8. The number of hydrogen-bond donors (Lipinski definition) is 1. The molecule has 0 fully saturated rings. The summed E-state index contributed by atoms with van der Waals surface area (Å²) < 4.78 is 37.3. The Morgan fingerprint density at radius 2 is 2.06 bits per heavy atom. The van der Waals surface area contributed by atoms with Crippen molar-refractivity contribution in [3.63, 3.8) is 0 Å². The summed E-state index contributed by atoms with van der Waals surface area (Å²) in [6.45, 7) is 4.76. The second-order valence-corrected chi connectivity index (χ2v) is 3.86. The number of benzene rings is 1. The molecule has 0 saturated carbocycles. The molecule has 90 valence electrons. The molecule has 1 nitrogen and oxygen atoms in total. The minimum Gasteiger partial charge on any atom is -0.314 e. The minimum absolute atomic E-state index is 0. The van der Waals surface area contributed by atoms with Gasteiger partial charge in [0.2, 0.25) is 0 Å². The topological polar surface area (TPSA) is 12.0 Å². The van der Waals surface area contributed by atoms with Gasteiger partial charge in [-0.15, -0.1) is 0 Å². The van der Waals surface area contributed by atoms with E-state index in [0.29, 0.717) is 12.0 Å². The van der Waals surface area contributed by atoms with E-state index in [1.54, 1.807) is 6.07 Å². The monoisotopic (exact) mass is 233 g/mol. The summed E-state index contributed by atoms with van der Waals surface area (Å²) in [6, 6.07) is 5.68. The van der Waals surface area contributed by atoms with Crippen LogP contribution in [0.3, 0.4) is 0 Å². The van der Waals surface area contributed by atoms with Crippen LogP contribution in [-0.2, 0) is 12.6 Å². The van der Waals surface area contributed by atoms with Gasteiger partial charge >= 0.3 is 9.03 Å². The molecule has 0 aliphatic rings. The fraction of sp³-hybridized carbons (Fsp3) is 0.500. The third-order valence-electron chi connectivity index (χ3n) is 2.35. The van der Waals surface area contributed by atoms with Crippen molar-refractivity contribution in [1.82, 2.24) is 5.32 Å². The Kier molecular flexibility index (Phi) is 4.35. The van der Waals surface area contributed by atoms with Crippen LogP contribution in [0.1, 0.15) is 27.8 Å². The first-order chi connectivity index (χ1) is 7.43. The molecule has 1 aromatic carbocycles. The maximum absolute atomic E-state index is 12.4. The third kappa shape index (κ3) is 3.85. The van der Waals surface area contributed by atoms with Crippen molar-refractivity contribution in [2.75, 3.05) is 6.54 Å². The molecule has 1 aromatic rings. The molecular formula is C12H18F3N+2. The Balaban J connectivity index is 0. The zero-order chi connectivity index (χ0) is 12.2. The van der Waals surface area contributed by atoms with E-state index in [2.05, 4.69) is 5.32 Å². The lowest BCUT2D eigenvalue weighted by Crippen LogP contribution is -2.27. The van der Waals surface area contributed by atoms with Crippen molar-refractivity contribution in [2.24, 2.45) is 0 Å². The largest absolute Gasteiger partial charge is 1.00 e. The van der Waals surface area contributed by atoms with E-state index in [1.807, 2.05) is 13.8 Å². The van der Waals surface area contributed by atoms with Gasteiger partial charge in [-0.1, -0.05) is 25.1 Å². The number of hydrogen-bond acceptors (Lipinski definition) is 1. The molecule has 4 heteroatoms. The summed E-state index contributed by atoms with van der Waals surface area (Å²) in [5.41, 5.74) is 0.136. The highest BCUT2D eigenvalue weighted by atomic mass is 19.4. The van der Waals surface area contributed by atoms with Crippen LogP contribution in [0.4, 0.5) is 13.2 Å². The number of likely N-dealkylation sites (N-methyl/N-ethyl adjacent to an activating group) is 1. The van der Waals surface area contributed by atoms with Crippen LogP contribution in [-0.4, -0.2) is 12.6 Å². The summed E-state index contributed by atoms with van der Waals surface area (Å²) in [4.78, 5) is 0. The fourth-order valence-corrected chi connectivity index (χ4v) is 1.65. The van der Waals surface area contributed by atoms with Crippen LogP contribution >= 0.6 is 0 Å². The summed E-state index contributed by atoms with van der Waals surface area (Å²) in [7, 11) is 0. The summed E-state index contributed by atoms with van der Waals surface area (Å²) in [5, 5.41) is 3.17. The molecule has 0 spiro atoms. The molecule has 1 N–H and O–H groups in total. The lowest BCUT2D eigenvalue weighted by Gasteiger charge is -2.13. The highest BCUT2D eigenvalue weighted by Crippen LogP contribution is 2.29. The second kappa shape index (κ2) is 5.34. The van der Waals surface area contributed by atoms with E-state index in [1.165, 1.54) is 12.1 Å². The van der Waals surface area contributed by atoms with E-state index >= 15 is 0 Å². The molecule has 0 heterocycles. The average Bonchev–Trinajstić information content (AvgIpc) is 2.17. The standard InChI is InChI=1S/C12H16F3N/c1-3-16-9(2)7-10-5-4-6-11(8-10)12(13,14)15/h4-6,8-9,16H,3,7H2,1-2H3/p+2. The highest BCUT2D eigenvalue weighted by Gasteiger charge is 2.30. The van der Waals surface area contributed by atoms with Crippen molar-refractivity contribution in [3.05, 3.63) is 35.4 Å². The van der Waals surface area contributed by atoms with Gasteiger partial charge in [-0.2, -0.15) is 13.2 Å². The molecule has 0 amide bonds. The molecule has 1 unspecified atom stereocenters. The Morgan fingerprint density at radius 1 is 1.38 bits per heavy atom. The van der Waals surface area contributed by atoms with Gasteiger partial charge in [0.05, 0.1) is 5.56 Å². The molecule has 1 rings (SSSR count). The highest BCUT2D eigenvalue weighted by molar-refractivity contribution is 5.26. The van der Waals surface area contributed by atoms with Gasteiger partial charge in [-0.3, -0.25) is 0 Å². The first kappa shape index (κ1) is 13.0. The van der Waals surface area contributed by atoms with Crippen molar-refractivity contribution in [1.29, 1.82) is 0 Å². The van der Waals surface area contributed by atoms with Gasteiger partial charge < -0.3 is 5.32 Å². The molecule has 0 radical (unpaired) electrons. The Bertz CT molecular complexity index is 342. The SMILES string of the molecule is CCNC(C)Cc1cccc(C(F)(F)F)c1.[H+].[H+]. The number of alkyl halides is 3. The first-order valence-electron chi connectivity index (χ1n) is 5.33. The summed E-state index contributed by atoms with van der Waals surface area (Å²) in [5.74, 6) is 0. The summed E-state index contributed by atoms with van der Waals surface area (Å²) >= 11 is 0. The van der Waals surface area contributed by atoms with Gasteiger partial charge in [-0.25, -0.2) is 0 Å². The minimum atomic E-state index is -4.25. The maximum atomic E-state index is 12.4. The van der Waals surface area contributed by atoms with Crippen molar-refractivity contribution >= 4 is 0 Å². The van der Waals surface area contributed by atoms with Crippen molar-refractivity contribution < 1.29 is 16.0 Å². The van der Waals surface area contributed by atoms with E-state index in [9.17, 15) is 13.2 Å². The average molecular weight is 233 g/mol. The van der Waals surface area contributed by atoms with E-state index in [0.717, 1.165) is 12.6 Å². The van der Waals surface area contributed by atoms with Gasteiger partial charge in [0.25, 0.3) is 0 Å². The number of nitrogens with one attached hydrogen (secondary N) is 1. The zero-order valence-electron chi connectivity index (χ0n) is 11.4. The van der Waals surface area contributed by atoms with Crippen LogP contribution in [0.15, 0.2) is 24.3 Å². The fourth-order valence-electron chi connectivity index (χ4n) is 1.65. The molecule has 0 bridgehead atoms. The Hall–Kier alpha value is -1.03. The van der Waals surface area contributed by atoms with Gasteiger partial charge in [0.15, 0.2) is 0 Å². The van der Waals surface area contributed by atoms with E-state index in [4.69, 9.17) is 0 Å². The van der Waals surface area contributed by atoms with Gasteiger partial charge in [0, 0.05) is 6.04 Å². The molecule has 0 saturated heterocycles. The number of halogens is 3. The lowest BCUT2D eigenvalue weighted by molar-refractivity contribution is -0.137. The lowest BCUT2D eigenvalue weighted by atomic mass is 10.0. The van der Waals surface area contributed by atoms with Crippen LogP contribution in [0, 0.1) is 0 Å². The zero-order valence-corrected chi connectivity index (χ0v) is 9.43. The van der Waals surface area contributed by atoms with E-state index in [-0.39, 0.29) is 8.90 Å². The molecule has 0 aromatic heterocycles. The van der Waals surface area contributed by atoms with Gasteiger partial charge in [0.1, 0.15) is 0 Å². The van der Waals surface area contributed by atoms with Crippen LogP contribution in [0.25, 0.3) is 0 Å². The molecule has 16 heavy (non-hydrogen) atoms. The van der Waals surface area contributed by atoms with Crippen LogP contribution in [0.5, 0.6) is 0 Å². The molecule has 0 aliphatic carbocycles. The molecular weight excluding hydrogens is 215 g/mol. The quantitative estimate of drug-likeness (QED) is 0.839. The molecule has 1 atom stereocenters. The smallest absolute Gasteiger partial charge is 0.314 e. The summed E-state index contributed by atoms with van der Waals surface area (Å²) in [6.07, 6.45) is -3.64.